The third kappa shape index (κ3) is 5.14. The summed E-state index contributed by atoms with van der Waals surface area (Å²) in [5.41, 5.74) is 5.47. The Balaban J connectivity index is 1.65. The molecule has 110 valence electrons. The second kappa shape index (κ2) is 7.81. The molecule has 1 aliphatic heterocycles. The van der Waals surface area contributed by atoms with Gasteiger partial charge in [0.05, 0.1) is 6.54 Å². The van der Waals surface area contributed by atoms with Crippen LogP contribution in [-0.2, 0) is 4.79 Å². The van der Waals surface area contributed by atoms with Gasteiger partial charge in [-0.15, -0.1) is 0 Å². The van der Waals surface area contributed by atoms with Gasteiger partial charge in [-0.3, -0.25) is 20.5 Å². The highest BCUT2D eigenvalue weighted by Gasteiger charge is 2.16. The highest BCUT2D eigenvalue weighted by Crippen LogP contribution is 2.12. The zero-order chi connectivity index (χ0) is 14.2. The molecule has 1 aliphatic rings. The number of amides is 1. The fourth-order valence-corrected chi connectivity index (χ4v) is 2.42. The number of aromatic nitrogens is 1. The van der Waals surface area contributed by atoms with E-state index >= 15 is 0 Å². The van der Waals surface area contributed by atoms with Crippen molar-refractivity contribution in [3.05, 3.63) is 24.4 Å². The number of piperidine rings is 1. The monoisotopic (exact) mass is 277 g/mol. The smallest absolute Gasteiger partial charge is 0.252 e. The molecule has 0 aromatic carbocycles. The standard InChI is InChI=1S/C14H23N5O/c1-19(10-12-5-8-15-9-6-12)11-14(20)18-17-13-4-2-3-7-16-13/h2-4,7,12,15H,5-6,8-11H2,1H3,(H,16,17)(H,18,20). The van der Waals surface area contributed by atoms with Crippen LogP contribution in [0.1, 0.15) is 12.8 Å². The summed E-state index contributed by atoms with van der Waals surface area (Å²) in [6.07, 6.45) is 4.06. The minimum atomic E-state index is -0.0490. The number of hydrogen-bond acceptors (Lipinski definition) is 5. The topological polar surface area (TPSA) is 69.3 Å². The summed E-state index contributed by atoms with van der Waals surface area (Å²) in [5.74, 6) is 1.28. The van der Waals surface area contributed by atoms with E-state index in [1.54, 1.807) is 12.3 Å². The number of likely N-dealkylation sites (N-methyl/N-ethyl adjacent to an activating group) is 1. The lowest BCUT2D eigenvalue weighted by Gasteiger charge is -2.27. The van der Waals surface area contributed by atoms with Crippen molar-refractivity contribution >= 4 is 11.7 Å². The van der Waals surface area contributed by atoms with Crippen molar-refractivity contribution < 1.29 is 4.79 Å². The van der Waals surface area contributed by atoms with Crippen molar-refractivity contribution in [2.24, 2.45) is 5.92 Å². The zero-order valence-corrected chi connectivity index (χ0v) is 11.9. The lowest BCUT2D eigenvalue weighted by molar-refractivity contribution is -0.121. The summed E-state index contributed by atoms with van der Waals surface area (Å²) in [7, 11) is 1.99. The Morgan fingerprint density at radius 3 is 2.95 bits per heavy atom. The Bertz CT molecular complexity index is 405. The van der Waals surface area contributed by atoms with Crippen molar-refractivity contribution in [2.45, 2.75) is 12.8 Å². The number of hydrazine groups is 1. The molecule has 6 heteroatoms. The quantitative estimate of drug-likeness (QED) is 0.659. The molecule has 0 saturated carbocycles. The molecule has 0 radical (unpaired) electrons. The van der Waals surface area contributed by atoms with E-state index in [-0.39, 0.29) is 5.91 Å². The predicted molar refractivity (Wildman–Crippen MR) is 79.1 cm³/mol. The van der Waals surface area contributed by atoms with Crippen LogP contribution in [0.15, 0.2) is 24.4 Å². The van der Waals surface area contributed by atoms with Crippen LogP contribution >= 0.6 is 0 Å². The fourth-order valence-electron chi connectivity index (χ4n) is 2.42. The number of carbonyl (C=O) groups is 1. The van der Waals surface area contributed by atoms with Gasteiger partial charge in [-0.1, -0.05) is 6.07 Å². The Morgan fingerprint density at radius 2 is 2.25 bits per heavy atom. The normalized spacial score (nSPS) is 16.1. The largest absolute Gasteiger partial charge is 0.317 e. The summed E-state index contributed by atoms with van der Waals surface area (Å²) in [6.45, 7) is 3.54. The number of rotatable bonds is 6. The summed E-state index contributed by atoms with van der Waals surface area (Å²) >= 11 is 0. The molecule has 1 fully saturated rings. The average Bonchev–Trinajstić information content (AvgIpc) is 2.47. The lowest BCUT2D eigenvalue weighted by Crippen LogP contribution is -2.41. The highest BCUT2D eigenvalue weighted by molar-refractivity contribution is 5.79. The fraction of sp³-hybridized carbons (Fsp3) is 0.571. The number of nitrogens with zero attached hydrogens (tertiary/aromatic N) is 2. The van der Waals surface area contributed by atoms with E-state index < -0.39 is 0 Å². The van der Waals surface area contributed by atoms with Crippen LogP contribution < -0.4 is 16.2 Å². The minimum absolute atomic E-state index is 0.0490. The number of nitrogens with one attached hydrogen (secondary N) is 3. The van der Waals surface area contributed by atoms with Gasteiger partial charge >= 0.3 is 0 Å². The van der Waals surface area contributed by atoms with Crippen molar-refractivity contribution in [1.29, 1.82) is 0 Å². The van der Waals surface area contributed by atoms with Crippen LogP contribution in [0.4, 0.5) is 5.82 Å². The Labute approximate surface area is 119 Å². The molecule has 2 rings (SSSR count). The van der Waals surface area contributed by atoms with Crippen LogP contribution in [0.5, 0.6) is 0 Å². The molecule has 1 aromatic heterocycles. The average molecular weight is 277 g/mol. The van der Waals surface area contributed by atoms with E-state index in [9.17, 15) is 4.79 Å². The van der Waals surface area contributed by atoms with E-state index in [4.69, 9.17) is 0 Å². The first kappa shape index (κ1) is 14.7. The molecular formula is C14H23N5O. The molecular weight excluding hydrogens is 254 g/mol. The van der Waals surface area contributed by atoms with Crippen LogP contribution in [0.25, 0.3) is 0 Å². The molecule has 0 aliphatic carbocycles. The molecule has 0 bridgehead atoms. The van der Waals surface area contributed by atoms with E-state index in [1.807, 2.05) is 19.2 Å². The summed E-state index contributed by atoms with van der Waals surface area (Å²) in [5, 5.41) is 3.35. The number of pyridine rings is 1. The van der Waals surface area contributed by atoms with Gasteiger partial charge in [-0.05, 0) is 51.0 Å². The highest BCUT2D eigenvalue weighted by atomic mass is 16.2. The number of anilines is 1. The van der Waals surface area contributed by atoms with E-state index in [0.29, 0.717) is 18.3 Å². The molecule has 0 spiro atoms. The lowest BCUT2D eigenvalue weighted by atomic mass is 9.98. The van der Waals surface area contributed by atoms with Crippen molar-refractivity contribution in [3.8, 4) is 0 Å². The van der Waals surface area contributed by atoms with Crippen LogP contribution in [0.2, 0.25) is 0 Å². The molecule has 0 unspecified atom stereocenters. The first-order valence-electron chi connectivity index (χ1n) is 7.09. The van der Waals surface area contributed by atoms with Crippen molar-refractivity contribution in [3.63, 3.8) is 0 Å². The predicted octanol–water partition coefficient (Wildman–Crippen LogP) is 0.456. The van der Waals surface area contributed by atoms with Gasteiger partial charge in [-0.2, -0.15) is 0 Å². The minimum Gasteiger partial charge on any atom is -0.317 e. The van der Waals surface area contributed by atoms with Crippen LogP contribution in [-0.4, -0.2) is 49.0 Å². The van der Waals surface area contributed by atoms with Gasteiger partial charge in [0.2, 0.25) is 0 Å². The van der Waals surface area contributed by atoms with Gasteiger partial charge in [-0.25, -0.2) is 4.98 Å². The van der Waals surface area contributed by atoms with Gasteiger partial charge in [0, 0.05) is 12.7 Å². The second-order valence-corrected chi connectivity index (χ2v) is 5.28. The summed E-state index contributed by atoms with van der Waals surface area (Å²) in [4.78, 5) is 18.0. The molecule has 1 saturated heterocycles. The van der Waals surface area contributed by atoms with E-state index in [2.05, 4.69) is 26.1 Å². The first-order valence-corrected chi connectivity index (χ1v) is 7.09. The van der Waals surface area contributed by atoms with Gasteiger partial charge in [0.25, 0.3) is 5.91 Å². The maximum atomic E-state index is 11.8. The van der Waals surface area contributed by atoms with Gasteiger partial charge < -0.3 is 5.32 Å². The Kier molecular flexibility index (Phi) is 5.76. The van der Waals surface area contributed by atoms with E-state index in [0.717, 1.165) is 19.6 Å². The Hall–Kier alpha value is -1.66. The van der Waals surface area contributed by atoms with Gasteiger partial charge in [0.15, 0.2) is 0 Å². The second-order valence-electron chi connectivity index (χ2n) is 5.28. The van der Waals surface area contributed by atoms with Crippen molar-refractivity contribution in [1.82, 2.24) is 20.6 Å². The van der Waals surface area contributed by atoms with E-state index in [1.165, 1.54) is 12.8 Å². The third-order valence-corrected chi connectivity index (χ3v) is 3.44. The summed E-state index contributed by atoms with van der Waals surface area (Å²) < 4.78 is 0. The molecule has 1 amide bonds. The molecule has 0 atom stereocenters. The SMILES string of the molecule is CN(CC(=O)NNc1ccccn1)CC1CCNCC1. The van der Waals surface area contributed by atoms with Crippen LogP contribution in [0.3, 0.4) is 0 Å². The molecule has 20 heavy (non-hydrogen) atoms. The molecule has 3 N–H and O–H groups in total. The van der Waals surface area contributed by atoms with Crippen molar-refractivity contribution in [2.75, 3.05) is 38.7 Å². The molecule has 1 aromatic rings. The third-order valence-electron chi connectivity index (χ3n) is 3.44. The Morgan fingerprint density at radius 1 is 1.45 bits per heavy atom. The van der Waals surface area contributed by atoms with Gasteiger partial charge in [0.1, 0.15) is 5.82 Å². The first-order chi connectivity index (χ1) is 9.74. The molecule has 2 heterocycles. The maximum Gasteiger partial charge on any atom is 0.252 e. The summed E-state index contributed by atoms with van der Waals surface area (Å²) in [6, 6.07) is 5.50. The van der Waals surface area contributed by atoms with Crippen LogP contribution in [0, 0.1) is 5.92 Å². The number of carbonyl (C=O) groups excluding carboxylic acids is 1. The molecule has 6 nitrogen and oxygen atoms in total. The number of hydrogen-bond donors (Lipinski definition) is 3. The maximum absolute atomic E-state index is 11.8. The zero-order valence-electron chi connectivity index (χ0n) is 11.9.